The Labute approximate surface area is 90.3 Å². The fourth-order valence-electron chi connectivity index (χ4n) is 1.70. The Balaban J connectivity index is 2.00. The van der Waals surface area contributed by atoms with Gasteiger partial charge < -0.3 is 0 Å². The second-order valence-electron chi connectivity index (χ2n) is 3.48. The van der Waals surface area contributed by atoms with Gasteiger partial charge in [0.15, 0.2) is 0 Å². The van der Waals surface area contributed by atoms with Crippen LogP contribution in [0.3, 0.4) is 0 Å². The van der Waals surface area contributed by atoms with E-state index in [1.807, 2.05) is 18.1 Å². The molecule has 1 aromatic rings. The first-order valence-corrected chi connectivity index (χ1v) is 5.38. The van der Waals surface area contributed by atoms with Crippen molar-refractivity contribution >= 4 is 5.84 Å². The predicted octanol–water partition coefficient (Wildman–Crippen LogP) is 1.89. The minimum atomic E-state index is 0.702. The summed E-state index contributed by atoms with van der Waals surface area (Å²) in [6.45, 7) is 4.43. The van der Waals surface area contributed by atoms with E-state index >= 15 is 0 Å². The topological polar surface area (TPSA) is 24.8 Å². The van der Waals surface area contributed by atoms with Crippen molar-refractivity contribution < 1.29 is 4.84 Å². The van der Waals surface area contributed by atoms with Crippen molar-refractivity contribution in [2.75, 3.05) is 19.7 Å². The van der Waals surface area contributed by atoms with Crippen molar-refractivity contribution in [3.8, 4) is 0 Å². The molecule has 1 aliphatic rings. The van der Waals surface area contributed by atoms with Gasteiger partial charge in [-0.1, -0.05) is 30.3 Å². The maximum atomic E-state index is 5.49. The molecule has 3 nitrogen and oxygen atoms in total. The lowest BCUT2D eigenvalue weighted by Crippen LogP contribution is -2.29. The van der Waals surface area contributed by atoms with E-state index in [-0.39, 0.29) is 0 Å². The lowest BCUT2D eigenvalue weighted by molar-refractivity contribution is -0.0859. The number of aliphatic imine (C=N–C) groups is 1. The molecule has 2 rings (SSSR count). The first-order chi connectivity index (χ1) is 7.40. The summed E-state index contributed by atoms with van der Waals surface area (Å²) in [5, 5.41) is 1.91. The summed E-state index contributed by atoms with van der Waals surface area (Å²) in [6.07, 6.45) is 0.862. The average Bonchev–Trinajstić information content (AvgIpc) is 2.68. The highest BCUT2D eigenvalue weighted by atomic mass is 16.7. The molecule has 0 aromatic heterocycles. The molecule has 0 amide bonds. The van der Waals surface area contributed by atoms with Crippen LogP contribution in [0.5, 0.6) is 0 Å². The highest BCUT2D eigenvalue weighted by Gasteiger charge is 2.16. The first-order valence-electron chi connectivity index (χ1n) is 5.38. The molecule has 0 unspecified atom stereocenters. The molecule has 0 bridgehead atoms. The Kier molecular flexibility index (Phi) is 3.35. The van der Waals surface area contributed by atoms with Crippen LogP contribution < -0.4 is 0 Å². The molecule has 0 saturated carbocycles. The molecule has 0 atom stereocenters. The van der Waals surface area contributed by atoms with E-state index in [0.29, 0.717) is 6.61 Å². The summed E-state index contributed by atoms with van der Waals surface area (Å²) in [5.74, 6) is 1.04. The predicted molar refractivity (Wildman–Crippen MR) is 60.8 cm³/mol. The molecule has 0 aliphatic carbocycles. The van der Waals surface area contributed by atoms with Gasteiger partial charge in [-0.15, -0.1) is 0 Å². The Bertz CT molecular complexity index is 335. The third-order valence-electron chi connectivity index (χ3n) is 2.38. The van der Waals surface area contributed by atoms with Gasteiger partial charge in [-0.25, -0.2) is 5.06 Å². The maximum absolute atomic E-state index is 5.49. The molecule has 0 spiro atoms. The zero-order valence-electron chi connectivity index (χ0n) is 9.02. The molecule has 0 radical (unpaired) electrons. The maximum Gasteiger partial charge on any atom is 0.128 e. The molecule has 0 fully saturated rings. The molecule has 1 aliphatic heterocycles. The number of nitrogens with zero attached hydrogens (tertiary/aromatic N) is 2. The highest BCUT2D eigenvalue weighted by molar-refractivity contribution is 5.84. The smallest absolute Gasteiger partial charge is 0.128 e. The van der Waals surface area contributed by atoms with Crippen LogP contribution in [0.2, 0.25) is 0 Å². The molecule has 80 valence electrons. The van der Waals surface area contributed by atoms with Gasteiger partial charge in [0.05, 0.1) is 19.7 Å². The van der Waals surface area contributed by atoms with E-state index < -0.39 is 0 Å². The summed E-state index contributed by atoms with van der Waals surface area (Å²) in [4.78, 5) is 9.94. The first kappa shape index (κ1) is 10.2. The number of rotatable bonds is 4. The van der Waals surface area contributed by atoms with Crippen molar-refractivity contribution in [1.29, 1.82) is 0 Å². The van der Waals surface area contributed by atoms with Crippen LogP contribution in [0.4, 0.5) is 0 Å². The molecule has 1 heterocycles. The minimum Gasteiger partial charge on any atom is -0.273 e. The van der Waals surface area contributed by atoms with E-state index in [0.717, 1.165) is 25.3 Å². The minimum absolute atomic E-state index is 0.702. The fraction of sp³-hybridized carbons (Fsp3) is 0.417. The van der Waals surface area contributed by atoms with Crippen LogP contribution in [-0.2, 0) is 11.3 Å². The van der Waals surface area contributed by atoms with Gasteiger partial charge in [-0.2, -0.15) is 0 Å². The quantitative estimate of drug-likeness (QED) is 0.748. The summed E-state index contributed by atoms with van der Waals surface area (Å²) in [7, 11) is 0. The van der Waals surface area contributed by atoms with E-state index in [4.69, 9.17) is 4.84 Å². The van der Waals surface area contributed by atoms with Crippen molar-refractivity contribution in [1.82, 2.24) is 5.06 Å². The lowest BCUT2D eigenvalue weighted by Gasteiger charge is -2.18. The summed E-state index contributed by atoms with van der Waals surface area (Å²) >= 11 is 0. The highest BCUT2D eigenvalue weighted by Crippen LogP contribution is 2.09. The van der Waals surface area contributed by atoms with Crippen molar-refractivity contribution in [3.63, 3.8) is 0 Å². The third-order valence-corrected chi connectivity index (χ3v) is 2.38. The summed E-state index contributed by atoms with van der Waals surface area (Å²) in [5.41, 5.74) is 1.28. The van der Waals surface area contributed by atoms with Crippen LogP contribution in [0.15, 0.2) is 35.3 Å². The molecule has 3 heteroatoms. The fourth-order valence-corrected chi connectivity index (χ4v) is 1.70. The van der Waals surface area contributed by atoms with Crippen LogP contribution in [0, 0.1) is 0 Å². The van der Waals surface area contributed by atoms with Crippen molar-refractivity contribution in [2.45, 2.75) is 13.3 Å². The molecule has 0 saturated heterocycles. The van der Waals surface area contributed by atoms with E-state index in [2.05, 4.69) is 29.3 Å². The van der Waals surface area contributed by atoms with Crippen LogP contribution in [-0.4, -0.2) is 30.6 Å². The van der Waals surface area contributed by atoms with Crippen molar-refractivity contribution in [2.24, 2.45) is 4.99 Å². The Morgan fingerprint density at radius 1 is 1.33 bits per heavy atom. The monoisotopic (exact) mass is 204 g/mol. The number of hydrogen-bond donors (Lipinski definition) is 0. The molecular formula is C12H16N2O. The lowest BCUT2D eigenvalue weighted by atomic mass is 10.1. The van der Waals surface area contributed by atoms with Crippen LogP contribution in [0.1, 0.15) is 12.5 Å². The number of hydrogen-bond acceptors (Lipinski definition) is 3. The second kappa shape index (κ2) is 4.94. The zero-order valence-corrected chi connectivity index (χ0v) is 9.02. The standard InChI is InChI=1S/C12H16N2O/c1-2-15-14-9-8-13-12(14)10-11-6-4-3-5-7-11/h3-7H,2,8-10H2,1H3. The number of amidine groups is 1. The largest absolute Gasteiger partial charge is 0.273 e. The molecule has 0 N–H and O–H groups in total. The van der Waals surface area contributed by atoms with E-state index in [9.17, 15) is 0 Å². The number of benzene rings is 1. The van der Waals surface area contributed by atoms with Crippen LogP contribution in [0.25, 0.3) is 0 Å². The van der Waals surface area contributed by atoms with Gasteiger partial charge in [0.1, 0.15) is 5.84 Å². The Hall–Kier alpha value is -1.35. The molecular weight excluding hydrogens is 188 g/mol. The van der Waals surface area contributed by atoms with E-state index in [1.165, 1.54) is 5.56 Å². The van der Waals surface area contributed by atoms with Crippen LogP contribution >= 0.6 is 0 Å². The Morgan fingerprint density at radius 2 is 2.13 bits per heavy atom. The number of hydroxylamine groups is 2. The molecule has 15 heavy (non-hydrogen) atoms. The summed E-state index contributed by atoms with van der Waals surface area (Å²) in [6, 6.07) is 10.4. The van der Waals surface area contributed by atoms with Gasteiger partial charge in [-0.05, 0) is 12.5 Å². The van der Waals surface area contributed by atoms with Crippen molar-refractivity contribution in [3.05, 3.63) is 35.9 Å². The average molecular weight is 204 g/mol. The van der Waals surface area contributed by atoms with Gasteiger partial charge in [-0.3, -0.25) is 9.83 Å². The van der Waals surface area contributed by atoms with Gasteiger partial charge in [0, 0.05) is 6.42 Å². The molecule has 1 aromatic carbocycles. The second-order valence-corrected chi connectivity index (χ2v) is 3.48. The van der Waals surface area contributed by atoms with Gasteiger partial charge in [0.25, 0.3) is 0 Å². The van der Waals surface area contributed by atoms with E-state index in [1.54, 1.807) is 0 Å². The summed E-state index contributed by atoms with van der Waals surface area (Å²) < 4.78 is 0. The zero-order chi connectivity index (χ0) is 10.5. The SMILES string of the molecule is CCON1CCN=C1Cc1ccccc1. The third kappa shape index (κ3) is 2.57. The Morgan fingerprint density at radius 3 is 2.87 bits per heavy atom. The normalized spacial score (nSPS) is 15.5. The van der Waals surface area contributed by atoms with Gasteiger partial charge in [0.2, 0.25) is 0 Å². The van der Waals surface area contributed by atoms with Gasteiger partial charge >= 0.3 is 0 Å².